The van der Waals surface area contributed by atoms with Crippen LogP contribution in [0.15, 0.2) is 48.7 Å². The first-order valence-corrected chi connectivity index (χ1v) is 10.9. The molecule has 0 unspecified atom stereocenters. The lowest BCUT2D eigenvalue weighted by Crippen LogP contribution is -2.22. The molecule has 3 aromatic rings. The number of nitrogens with one attached hydrogen (secondary N) is 1. The summed E-state index contributed by atoms with van der Waals surface area (Å²) in [4.78, 5) is 16.1. The highest BCUT2D eigenvalue weighted by Crippen LogP contribution is 2.42. The number of primary amides is 1. The van der Waals surface area contributed by atoms with Gasteiger partial charge in [0.15, 0.2) is 0 Å². The first kappa shape index (κ1) is 22.4. The number of halogens is 4. The molecule has 1 aliphatic carbocycles. The Bertz CT molecular complexity index is 1140. The Balaban J connectivity index is 1.46. The molecular weight excluding hydrogens is 439 g/mol. The second kappa shape index (κ2) is 8.98. The molecule has 0 bridgehead atoms. The summed E-state index contributed by atoms with van der Waals surface area (Å²) in [5.41, 5.74) is 4.47. The molecule has 4 nitrogen and oxygen atoms in total. The van der Waals surface area contributed by atoms with E-state index < -0.39 is 17.6 Å². The zero-order chi connectivity index (χ0) is 22.9. The summed E-state index contributed by atoms with van der Waals surface area (Å²) in [7, 11) is 0. The number of nitrogens with two attached hydrogens (primary N) is 1. The van der Waals surface area contributed by atoms with Crippen LogP contribution in [-0.4, -0.2) is 17.4 Å². The van der Waals surface area contributed by atoms with Crippen LogP contribution in [0.5, 0.6) is 0 Å². The van der Waals surface area contributed by atoms with Gasteiger partial charge in [0.25, 0.3) is 0 Å². The molecule has 0 atom stereocenters. The maximum Gasteiger partial charge on any atom is 0.416 e. The molecule has 1 aliphatic rings. The fourth-order valence-electron chi connectivity index (χ4n) is 4.47. The molecule has 4 rings (SSSR count). The van der Waals surface area contributed by atoms with Crippen molar-refractivity contribution >= 4 is 34.1 Å². The molecule has 8 heteroatoms. The summed E-state index contributed by atoms with van der Waals surface area (Å²) in [5.74, 6) is 0.0992. The summed E-state index contributed by atoms with van der Waals surface area (Å²) in [6.45, 7) is 0.733. The molecule has 1 saturated carbocycles. The summed E-state index contributed by atoms with van der Waals surface area (Å²) in [5, 5.41) is 5.63. The molecule has 1 fully saturated rings. The molecule has 2 aromatic carbocycles. The van der Waals surface area contributed by atoms with E-state index in [-0.39, 0.29) is 16.5 Å². The maximum atomic E-state index is 13.3. The number of amides is 1. The van der Waals surface area contributed by atoms with Gasteiger partial charge in [-0.15, -0.1) is 0 Å². The molecule has 1 heterocycles. The molecule has 0 saturated heterocycles. The number of aromatic nitrogens is 1. The molecule has 3 N–H and O–H groups in total. The molecule has 1 aromatic heterocycles. The quantitative estimate of drug-likeness (QED) is 0.462. The van der Waals surface area contributed by atoms with Gasteiger partial charge in [-0.3, -0.25) is 4.79 Å². The van der Waals surface area contributed by atoms with Crippen LogP contribution in [0.3, 0.4) is 0 Å². The van der Waals surface area contributed by atoms with Crippen molar-refractivity contribution in [3.63, 3.8) is 0 Å². The second-order valence-electron chi connectivity index (χ2n) is 8.27. The lowest BCUT2D eigenvalue weighted by atomic mass is 9.78. The Labute approximate surface area is 189 Å². The van der Waals surface area contributed by atoms with E-state index in [4.69, 9.17) is 17.3 Å². The van der Waals surface area contributed by atoms with E-state index >= 15 is 0 Å². The fourth-order valence-corrected chi connectivity index (χ4v) is 4.82. The van der Waals surface area contributed by atoms with Crippen molar-refractivity contribution < 1.29 is 18.0 Å². The number of hydrogen-bond donors (Lipinski definition) is 2. The number of hydrogen-bond acceptors (Lipinski definition) is 3. The van der Waals surface area contributed by atoms with Crippen LogP contribution < -0.4 is 11.1 Å². The number of nitrogens with zero attached hydrogens (tertiary/aromatic N) is 1. The highest BCUT2D eigenvalue weighted by atomic mass is 35.5. The lowest BCUT2D eigenvalue weighted by molar-refractivity contribution is -0.137. The van der Waals surface area contributed by atoms with Crippen molar-refractivity contribution in [3.05, 3.63) is 70.4 Å². The van der Waals surface area contributed by atoms with Gasteiger partial charge >= 0.3 is 6.18 Å². The Morgan fingerprint density at radius 1 is 1.12 bits per heavy atom. The van der Waals surface area contributed by atoms with Gasteiger partial charge in [-0.1, -0.05) is 35.9 Å². The van der Waals surface area contributed by atoms with Crippen molar-refractivity contribution in [2.24, 2.45) is 11.7 Å². The number of benzene rings is 2. The zero-order valence-electron chi connectivity index (χ0n) is 17.3. The summed E-state index contributed by atoms with van der Waals surface area (Å²) in [6.07, 6.45) is 0.245. The van der Waals surface area contributed by atoms with E-state index in [2.05, 4.69) is 10.3 Å². The Morgan fingerprint density at radius 3 is 2.53 bits per heavy atom. The van der Waals surface area contributed by atoms with Crippen LogP contribution in [0.1, 0.15) is 53.1 Å². The molecule has 1 amide bonds. The van der Waals surface area contributed by atoms with Gasteiger partial charge < -0.3 is 11.1 Å². The third-order valence-electron chi connectivity index (χ3n) is 6.21. The number of pyridine rings is 1. The summed E-state index contributed by atoms with van der Waals surface area (Å²) >= 11 is 6.30. The molecule has 168 valence electrons. The minimum absolute atomic E-state index is 0.0343. The van der Waals surface area contributed by atoms with Crippen molar-refractivity contribution in [1.82, 2.24) is 4.98 Å². The highest BCUT2D eigenvalue weighted by Gasteiger charge is 2.34. The first-order valence-electron chi connectivity index (χ1n) is 10.5. The third-order valence-corrected chi connectivity index (χ3v) is 6.63. The topological polar surface area (TPSA) is 68.0 Å². The minimum atomic E-state index is -4.57. The van der Waals surface area contributed by atoms with Crippen LogP contribution in [0.4, 0.5) is 19.0 Å². The van der Waals surface area contributed by atoms with Gasteiger partial charge in [-0.2, -0.15) is 13.2 Å². The Hall–Kier alpha value is -2.80. The lowest BCUT2D eigenvalue weighted by Gasteiger charge is -2.30. The predicted molar refractivity (Wildman–Crippen MR) is 120 cm³/mol. The van der Waals surface area contributed by atoms with Gasteiger partial charge in [-0.05, 0) is 66.7 Å². The number of carbonyl (C=O) groups is 1. The van der Waals surface area contributed by atoms with Gasteiger partial charge in [0.1, 0.15) is 5.82 Å². The Morgan fingerprint density at radius 2 is 1.84 bits per heavy atom. The van der Waals surface area contributed by atoms with Crippen molar-refractivity contribution in [3.8, 4) is 0 Å². The van der Waals surface area contributed by atoms with Crippen LogP contribution in [0.25, 0.3) is 10.8 Å². The SMILES string of the molecule is NC(=O)c1cc(C(F)(F)F)cc(C2CCC(CNc3nccc4ccccc34)CC2)c1Cl. The standard InChI is InChI=1S/C24H23ClF3N3O/c25-21-19(11-17(24(26,27)28)12-20(21)22(29)32)16-7-5-14(6-8-16)13-31-23-18-4-2-1-3-15(18)9-10-30-23/h1-4,9-12,14,16H,5-8,13H2,(H2,29,32)(H,30,31). The van der Waals surface area contributed by atoms with E-state index in [1.54, 1.807) is 6.20 Å². The smallest absolute Gasteiger partial charge is 0.369 e. The minimum Gasteiger partial charge on any atom is -0.369 e. The van der Waals surface area contributed by atoms with E-state index in [0.29, 0.717) is 24.3 Å². The van der Waals surface area contributed by atoms with Crippen LogP contribution in [-0.2, 0) is 6.18 Å². The Kier molecular flexibility index (Phi) is 6.29. The fraction of sp³-hybridized carbons (Fsp3) is 0.333. The van der Waals surface area contributed by atoms with E-state index in [1.807, 2.05) is 30.3 Å². The van der Waals surface area contributed by atoms with E-state index in [1.165, 1.54) is 0 Å². The van der Waals surface area contributed by atoms with Gasteiger partial charge in [0.2, 0.25) is 5.91 Å². The van der Waals surface area contributed by atoms with E-state index in [0.717, 1.165) is 48.1 Å². The summed E-state index contributed by atoms with van der Waals surface area (Å²) < 4.78 is 40.0. The van der Waals surface area contributed by atoms with Crippen molar-refractivity contribution in [2.75, 3.05) is 11.9 Å². The number of rotatable bonds is 5. The van der Waals surface area contributed by atoms with Crippen molar-refractivity contribution in [1.29, 1.82) is 0 Å². The number of fused-ring (bicyclic) bond motifs is 1. The van der Waals surface area contributed by atoms with Crippen molar-refractivity contribution in [2.45, 2.75) is 37.8 Å². The van der Waals surface area contributed by atoms with Crippen LogP contribution in [0.2, 0.25) is 5.02 Å². The van der Waals surface area contributed by atoms with Gasteiger partial charge in [-0.25, -0.2) is 4.98 Å². The second-order valence-corrected chi connectivity index (χ2v) is 8.65. The predicted octanol–water partition coefficient (Wildman–Crippen LogP) is 6.39. The summed E-state index contributed by atoms with van der Waals surface area (Å²) in [6, 6.07) is 11.8. The van der Waals surface area contributed by atoms with Gasteiger partial charge in [0, 0.05) is 18.1 Å². The van der Waals surface area contributed by atoms with Crippen LogP contribution in [0, 0.1) is 5.92 Å². The van der Waals surface area contributed by atoms with Gasteiger partial charge in [0.05, 0.1) is 16.1 Å². The molecule has 0 spiro atoms. The average Bonchev–Trinajstić information content (AvgIpc) is 2.77. The molecule has 0 aliphatic heterocycles. The zero-order valence-corrected chi connectivity index (χ0v) is 18.0. The molecular formula is C24H23ClF3N3O. The number of carbonyl (C=O) groups excluding carboxylic acids is 1. The van der Waals surface area contributed by atoms with E-state index in [9.17, 15) is 18.0 Å². The third kappa shape index (κ3) is 4.67. The maximum absolute atomic E-state index is 13.3. The number of anilines is 1. The number of alkyl halides is 3. The molecule has 32 heavy (non-hydrogen) atoms. The first-order chi connectivity index (χ1) is 15.2. The van der Waals surface area contributed by atoms with Crippen LogP contribution >= 0.6 is 11.6 Å². The largest absolute Gasteiger partial charge is 0.416 e. The molecule has 0 radical (unpaired) electrons. The average molecular weight is 462 g/mol. The monoisotopic (exact) mass is 461 g/mol. The highest BCUT2D eigenvalue weighted by molar-refractivity contribution is 6.34. The normalized spacial score (nSPS) is 19.1.